The van der Waals surface area contributed by atoms with Gasteiger partial charge in [0.05, 0.1) is 0 Å². The van der Waals surface area contributed by atoms with Crippen molar-refractivity contribution in [1.29, 1.82) is 0 Å². The van der Waals surface area contributed by atoms with Gasteiger partial charge in [-0.15, -0.1) is 0 Å². The van der Waals surface area contributed by atoms with Gasteiger partial charge in [-0.05, 0) is 31.6 Å². The molecule has 0 heterocycles. The van der Waals surface area contributed by atoms with Crippen molar-refractivity contribution in [3.8, 4) is 0 Å². The van der Waals surface area contributed by atoms with Crippen molar-refractivity contribution in [2.75, 3.05) is 7.05 Å². The highest BCUT2D eigenvalue weighted by Gasteiger charge is 2.33. The molecule has 0 aliphatic heterocycles. The average molecular weight is 165 g/mol. The summed E-state index contributed by atoms with van der Waals surface area (Å²) >= 11 is 0. The van der Waals surface area contributed by atoms with Gasteiger partial charge in [-0.1, -0.05) is 12.0 Å². The lowest BCUT2D eigenvalue weighted by molar-refractivity contribution is -0.117. The van der Waals surface area contributed by atoms with Crippen LogP contribution in [0.15, 0.2) is 11.1 Å². The summed E-state index contributed by atoms with van der Waals surface area (Å²) in [5.41, 5.74) is 2.54. The van der Waals surface area contributed by atoms with E-state index < -0.39 is 0 Å². The van der Waals surface area contributed by atoms with Crippen LogP contribution >= 0.6 is 0 Å². The first kappa shape index (κ1) is 7.84. The number of allylic oxidation sites excluding steroid dienone is 1. The van der Waals surface area contributed by atoms with Gasteiger partial charge in [0.25, 0.3) is 0 Å². The molecular formula is C10H15NO. The second-order valence-electron chi connectivity index (χ2n) is 3.73. The summed E-state index contributed by atoms with van der Waals surface area (Å²) in [5.74, 6) is 0.925. The molecule has 1 amide bonds. The fraction of sp³-hybridized carbons (Fsp3) is 0.700. The molecule has 0 bridgehead atoms. The first-order valence-corrected chi connectivity index (χ1v) is 4.77. The Hall–Kier alpha value is -0.790. The molecule has 2 rings (SSSR count). The minimum Gasteiger partial charge on any atom is -0.355 e. The molecule has 2 heteroatoms. The lowest BCUT2D eigenvalue weighted by Gasteiger charge is -2.36. The van der Waals surface area contributed by atoms with Crippen molar-refractivity contribution < 1.29 is 4.79 Å². The Bertz CT molecular complexity index is 242. The molecule has 0 aromatic heterocycles. The van der Waals surface area contributed by atoms with Gasteiger partial charge in [0.1, 0.15) is 0 Å². The van der Waals surface area contributed by atoms with Crippen LogP contribution in [0, 0.1) is 5.92 Å². The van der Waals surface area contributed by atoms with Crippen LogP contribution in [0.5, 0.6) is 0 Å². The number of carbonyl (C=O) groups is 1. The third-order valence-electron chi connectivity index (χ3n) is 3.08. The van der Waals surface area contributed by atoms with Crippen molar-refractivity contribution in [3.05, 3.63) is 11.1 Å². The second kappa shape index (κ2) is 2.92. The molecule has 0 saturated heterocycles. The van der Waals surface area contributed by atoms with E-state index in [2.05, 4.69) is 5.32 Å². The summed E-state index contributed by atoms with van der Waals surface area (Å²) in [5, 5.41) is 2.70. The summed E-state index contributed by atoms with van der Waals surface area (Å²) in [6, 6.07) is 0. The summed E-state index contributed by atoms with van der Waals surface area (Å²) in [6.07, 6.45) is 6.17. The molecule has 12 heavy (non-hydrogen) atoms. The predicted octanol–water partition coefficient (Wildman–Crippen LogP) is 1.62. The van der Waals surface area contributed by atoms with E-state index in [0.29, 0.717) is 0 Å². The van der Waals surface area contributed by atoms with Crippen molar-refractivity contribution >= 4 is 5.91 Å². The number of nitrogens with one attached hydrogen (secondary N) is 1. The van der Waals surface area contributed by atoms with Gasteiger partial charge in [-0.25, -0.2) is 0 Å². The van der Waals surface area contributed by atoms with Crippen LogP contribution in [0.4, 0.5) is 0 Å². The number of amides is 1. The zero-order chi connectivity index (χ0) is 8.55. The molecule has 0 aromatic rings. The Kier molecular flexibility index (Phi) is 1.91. The van der Waals surface area contributed by atoms with Gasteiger partial charge in [-0.2, -0.15) is 0 Å². The fourth-order valence-electron chi connectivity index (χ4n) is 2.34. The molecule has 1 fully saturated rings. The Balaban J connectivity index is 2.13. The molecule has 66 valence electrons. The molecule has 1 unspecified atom stereocenters. The maximum atomic E-state index is 11.3. The normalized spacial score (nSPS) is 27.6. The van der Waals surface area contributed by atoms with Crippen LogP contribution in [0.3, 0.4) is 0 Å². The molecular weight excluding hydrogens is 150 g/mol. The van der Waals surface area contributed by atoms with E-state index >= 15 is 0 Å². The average Bonchev–Trinajstić information content (AvgIpc) is 2.07. The van der Waals surface area contributed by atoms with Gasteiger partial charge in [0, 0.05) is 12.6 Å². The fourth-order valence-corrected chi connectivity index (χ4v) is 2.34. The maximum Gasteiger partial charge on any atom is 0.246 e. The third kappa shape index (κ3) is 1.06. The Morgan fingerprint density at radius 1 is 1.50 bits per heavy atom. The van der Waals surface area contributed by atoms with Crippen LogP contribution in [-0.2, 0) is 4.79 Å². The van der Waals surface area contributed by atoms with Crippen molar-refractivity contribution in [1.82, 2.24) is 5.32 Å². The van der Waals surface area contributed by atoms with Crippen molar-refractivity contribution in [3.63, 3.8) is 0 Å². The van der Waals surface area contributed by atoms with Crippen molar-refractivity contribution in [2.45, 2.75) is 32.1 Å². The van der Waals surface area contributed by atoms with E-state index in [1.165, 1.54) is 31.3 Å². The summed E-state index contributed by atoms with van der Waals surface area (Å²) in [4.78, 5) is 11.3. The minimum atomic E-state index is 0.156. The molecule has 0 aromatic carbocycles. The minimum absolute atomic E-state index is 0.156. The first-order valence-electron chi connectivity index (χ1n) is 4.77. The van der Waals surface area contributed by atoms with E-state index in [0.717, 1.165) is 17.9 Å². The predicted molar refractivity (Wildman–Crippen MR) is 47.7 cm³/mol. The number of likely N-dealkylation sites (N-methyl/N-ethyl adjacent to an activating group) is 1. The number of rotatable bonds is 1. The molecule has 2 aliphatic rings. The first-order chi connectivity index (χ1) is 5.83. The Morgan fingerprint density at radius 3 is 3.00 bits per heavy atom. The number of carbonyl (C=O) groups excluding carboxylic acids is 1. The highest BCUT2D eigenvalue weighted by molar-refractivity contribution is 5.95. The number of fused-ring (bicyclic) bond motifs is 1. The van der Waals surface area contributed by atoms with E-state index in [1.54, 1.807) is 7.05 Å². The molecule has 0 radical (unpaired) electrons. The molecule has 1 atom stereocenters. The van der Waals surface area contributed by atoms with Crippen LogP contribution < -0.4 is 5.32 Å². The smallest absolute Gasteiger partial charge is 0.246 e. The van der Waals surface area contributed by atoms with Crippen LogP contribution in [-0.4, -0.2) is 13.0 Å². The van der Waals surface area contributed by atoms with Gasteiger partial charge in [0.15, 0.2) is 0 Å². The quantitative estimate of drug-likeness (QED) is 0.628. The molecule has 2 aliphatic carbocycles. The van der Waals surface area contributed by atoms with Gasteiger partial charge in [-0.3, -0.25) is 4.79 Å². The lowest BCUT2D eigenvalue weighted by atomic mass is 9.69. The molecule has 1 saturated carbocycles. The van der Waals surface area contributed by atoms with E-state index in [9.17, 15) is 4.79 Å². The third-order valence-corrected chi connectivity index (χ3v) is 3.08. The van der Waals surface area contributed by atoms with Crippen LogP contribution in [0.2, 0.25) is 0 Å². The van der Waals surface area contributed by atoms with E-state index in [1.807, 2.05) is 0 Å². The van der Waals surface area contributed by atoms with Gasteiger partial charge < -0.3 is 5.32 Å². The largest absolute Gasteiger partial charge is 0.355 e. The Labute approximate surface area is 73.0 Å². The van der Waals surface area contributed by atoms with Crippen LogP contribution in [0.25, 0.3) is 0 Å². The SMILES string of the molecule is CNC(=O)C1=C2CCCCC2C1. The zero-order valence-corrected chi connectivity index (χ0v) is 7.52. The molecule has 0 spiro atoms. The summed E-state index contributed by atoms with van der Waals surface area (Å²) in [6.45, 7) is 0. The van der Waals surface area contributed by atoms with Gasteiger partial charge >= 0.3 is 0 Å². The number of hydrogen-bond donors (Lipinski definition) is 1. The Morgan fingerprint density at radius 2 is 2.33 bits per heavy atom. The maximum absolute atomic E-state index is 11.3. The van der Waals surface area contributed by atoms with Crippen LogP contribution in [0.1, 0.15) is 32.1 Å². The number of hydrogen-bond acceptors (Lipinski definition) is 1. The monoisotopic (exact) mass is 165 g/mol. The second-order valence-corrected chi connectivity index (χ2v) is 3.73. The summed E-state index contributed by atoms with van der Waals surface area (Å²) < 4.78 is 0. The highest BCUT2D eigenvalue weighted by Crippen LogP contribution is 2.44. The molecule has 2 nitrogen and oxygen atoms in total. The standard InChI is InChI=1S/C10H15NO/c1-11-10(12)9-6-7-4-2-3-5-8(7)9/h7H,2-6H2,1H3,(H,11,12). The topological polar surface area (TPSA) is 29.1 Å². The lowest BCUT2D eigenvalue weighted by Crippen LogP contribution is -2.32. The van der Waals surface area contributed by atoms with Crippen molar-refractivity contribution in [2.24, 2.45) is 5.92 Å². The molecule has 1 N–H and O–H groups in total. The van der Waals surface area contributed by atoms with Gasteiger partial charge in [0.2, 0.25) is 5.91 Å². The van der Waals surface area contributed by atoms with E-state index in [4.69, 9.17) is 0 Å². The zero-order valence-electron chi connectivity index (χ0n) is 7.52. The summed E-state index contributed by atoms with van der Waals surface area (Å²) in [7, 11) is 1.71. The van der Waals surface area contributed by atoms with E-state index in [-0.39, 0.29) is 5.91 Å². The highest BCUT2D eigenvalue weighted by atomic mass is 16.1.